The summed E-state index contributed by atoms with van der Waals surface area (Å²) in [7, 11) is -2.05. The molecule has 0 aliphatic carbocycles. The Morgan fingerprint density at radius 2 is 1.79 bits per heavy atom. The van der Waals surface area contributed by atoms with Crippen LogP contribution in [0.4, 0.5) is 4.39 Å². The molecule has 178 valence electrons. The number of fused-ring (bicyclic) bond motifs is 1. The summed E-state index contributed by atoms with van der Waals surface area (Å²) in [5.41, 5.74) is 1.03. The smallest absolute Gasteiger partial charge is 0.279 e. The number of sulfonamides is 1. The lowest BCUT2D eigenvalue weighted by Crippen LogP contribution is -2.32. The first-order chi connectivity index (χ1) is 15.8. The number of benzene rings is 2. The summed E-state index contributed by atoms with van der Waals surface area (Å²) in [5, 5.41) is 0. The molecule has 0 atom stereocenters. The van der Waals surface area contributed by atoms with Crippen molar-refractivity contribution in [1.29, 1.82) is 0 Å². The quantitative estimate of drug-likeness (QED) is 0.427. The van der Waals surface area contributed by atoms with Gasteiger partial charge in [-0.3, -0.25) is 4.79 Å². The summed E-state index contributed by atoms with van der Waals surface area (Å²) in [5.74, 6) is -0.867. The summed E-state index contributed by atoms with van der Waals surface area (Å²) in [4.78, 5) is 17.7. The molecular formula is C23H28FN3O4S2. The molecule has 0 radical (unpaired) electrons. The molecule has 0 aliphatic heterocycles. The molecule has 1 aromatic heterocycles. The van der Waals surface area contributed by atoms with Crippen LogP contribution < -0.4 is 4.80 Å². The number of methoxy groups -OCH3 is 1. The molecule has 33 heavy (non-hydrogen) atoms. The first kappa shape index (κ1) is 25.2. The summed E-state index contributed by atoms with van der Waals surface area (Å²) in [6.45, 7) is 5.62. The molecule has 0 saturated heterocycles. The fourth-order valence-corrected chi connectivity index (χ4v) is 6.16. The van der Waals surface area contributed by atoms with Gasteiger partial charge in [0.05, 0.1) is 21.7 Å². The highest BCUT2D eigenvalue weighted by molar-refractivity contribution is 7.89. The largest absolute Gasteiger partial charge is 0.383 e. The highest BCUT2D eigenvalue weighted by atomic mass is 32.2. The van der Waals surface area contributed by atoms with E-state index in [4.69, 9.17) is 4.74 Å². The normalized spacial score (nSPS) is 12.7. The van der Waals surface area contributed by atoms with Crippen LogP contribution in [0, 0.1) is 5.82 Å². The molecule has 0 bridgehead atoms. The predicted octanol–water partition coefficient (Wildman–Crippen LogP) is 4.04. The molecular weight excluding hydrogens is 465 g/mol. The van der Waals surface area contributed by atoms with Gasteiger partial charge in [0.1, 0.15) is 5.82 Å². The van der Waals surface area contributed by atoms with Crippen LogP contribution in [0.1, 0.15) is 37.0 Å². The van der Waals surface area contributed by atoms with Crippen molar-refractivity contribution in [3.8, 4) is 0 Å². The Morgan fingerprint density at radius 1 is 1.12 bits per heavy atom. The third kappa shape index (κ3) is 5.75. The molecule has 0 saturated carbocycles. The predicted molar refractivity (Wildman–Crippen MR) is 127 cm³/mol. The summed E-state index contributed by atoms with van der Waals surface area (Å²) in [6.07, 6.45) is 1.44. The van der Waals surface area contributed by atoms with E-state index in [0.717, 1.165) is 18.4 Å². The number of hydrogen-bond acceptors (Lipinski definition) is 5. The maximum absolute atomic E-state index is 13.7. The minimum Gasteiger partial charge on any atom is -0.383 e. The number of ether oxygens (including phenoxy) is 1. The Kier molecular flexibility index (Phi) is 8.52. The maximum Gasteiger partial charge on any atom is 0.279 e. The van der Waals surface area contributed by atoms with E-state index in [2.05, 4.69) is 4.99 Å². The molecule has 0 fully saturated rings. The molecule has 10 heteroatoms. The fraction of sp³-hybridized carbons (Fsp3) is 0.391. The van der Waals surface area contributed by atoms with E-state index in [9.17, 15) is 17.6 Å². The summed E-state index contributed by atoms with van der Waals surface area (Å²) >= 11 is 1.21. The van der Waals surface area contributed by atoms with Gasteiger partial charge in [0.15, 0.2) is 4.80 Å². The number of carbonyl (C=O) groups excluding carboxylic acids is 1. The Morgan fingerprint density at radius 3 is 2.39 bits per heavy atom. The summed E-state index contributed by atoms with van der Waals surface area (Å²) in [6, 6.07) is 10.3. The monoisotopic (exact) mass is 493 g/mol. The van der Waals surface area contributed by atoms with Crippen molar-refractivity contribution in [3.05, 3.63) is 58.6 Å². The number of rotatable bonds is 10. The van der Waals surface area contributed by atoms with Crippen molar-refractivity contribution in [2.24, 2.45) is 4.99 Å². The van der Waals surface area contributed by atoms with Gasteiger partial charge >= 0.3 is 0 Å². The first-order valence-electron chi connectivity index (χ1n) is 10.8. The van der Waals surface area contributed by atoms with E-state index < -0.39 is 15.9 Å². The van der Waals surface area contributed by atoms with Crippen LogP contribution in [-0.4, -0.2) is 50.0 Å². The van der Waals surface area contributed by atoms with Gasteiger partial charge in [-0.1, -0.05) is 25.2 Å². The van der Waals surface area contributed by atoms with Gasteiger partial charge in [-0.15, -0.1) is 0 Å². The number of hydrogen-bond donors (Lipinski definition) is 0. The second kappa shape index (κ2) is 11.1. The van der Waals surface area contributed by atoms with Crippen molar-refractivity contribution >= 4 is 37.5 Å². The van der Waals surface area contributed by atoms with Gasteiger partial charge in [-0.25, -0.2) is 12.8 Å². The number of amides is 1. The van der Waals surface area contributed by atoms with Gasteiger partial charge in [-0.2, -0.15) is 9.30 Å². The molecule has 1 heterocycles. The third-order valence-corrected chi connectivity index (χ3v) is 8.00. The Bertz CT molecular complexity index is 1280. The first-order valence-corrected chi connectivity index (χ1v) is 13.0. The van der Waals surface area contributed by atoms with Crippen molar-refractivity contribution in [2.75, 3.05) is 26.8 Å². The molecule has 0 spiro atoms. The molecule has 3 aromatic rings. The Balaban J connectivity index is 1.94. The zero-order valence-corrected chi connectivity index (χ0v) is 20.6. The SMILES string of the molecule is CCCN(CCC)S(=O)(=O)c1ccc(C(=O)N=c2sc3cc(F)ccc3n2CCOC)cc1. The van der Waals surface area contributed by atoms with E-state index in [1.165, 1.54) is 52.0 Å². The lowest BCUT2D eigenvalue weighted by Gasteiger charge is -2.21. The highest BCUT2D eigenvalue weighted by Gasteiger charge is 2.23. The van der Waals surface area contributed by atoms with E-state index in [0.29, 0.717) is 35.7 Å². The van der Waals surface area contributed by atoms with Crippen LogP contribution in [0.3, 0.4) is 0 Å². The third-order valence-electron chi connectivity index (χ3n) is 5.05. The van der Waals surface area contributed by atoms with Crippen LogP contribution in [0.5, 0.6) is 0 Å². The summed E-state index contributed by atoms with van der Waals surface area (Å²) < 4.78 is 48.6. The number of nitrogens with zero attached hydrogens (tertiary/aromatic N) is 3. The molecule has 2 aromatic carbocycles. The lowest BCUT2D eigenvalue weighted by atomic mass is 10.2. The second-order valence-corrected chi connectivity index (χ2v) is 10.4. The minimum absolute atomic E-state index is 0.147. The number of thiazole rings is 1. The zero-order valence-electron chi connectivity index (χ0n) is 19.0. The van der Waals surface area contributed by atoms with E-state index in [1.807, 2.05) is 18.4 Å². The van der Waals surface area contributed by atoms with Gasteiger partial charge in [-0.05, 0) is 55.3 Å². The molecule has 0 aliphatic rings. The topological polar surface area (TPSA) is 81.0 Å². The number of carbonyl (C=O) groups is 1. The molecule has 1 amide bonds. The maximum atomic E-state index is 13.7. The molecule has 3 rings (SSSR count). The molecule has 0 unspecified atom stereocenters. The Hall–Kier alpha value is -2.40. The van der Waals surface area contributed by atoms with Crippen molar-refractivity contribution in [3.63, 3.8) is 0 Å². The van der Waals surface area contributed by atoms with Gasteiger partial charge in [0.2, 0.25) is 10.0 Å². The van der Waals surface area contributed by atoms with Crippen molar-refractivity contribution in [1.82, 2.24) is 8.87 Å². The average Bonchev–Trinajstić information content (AvgIpc) is 3.13. The van der Waals surface area contributed by atoms with Crippen LogP contribution in [0.15, 0.2) is 52.4 Å². The minimum atomic E-state index is -3.63. The standard InChI is InChI=1S/C23H28FN3O4S2/c1-4-12-26(13-5-2)33(29,30)19-9-6-17(7-10-19)22(28)25-23-27(14-15-31-3)20-11-8-18(24)16-21(20)32-23/h6-11,16H,4-5,12-15H2,1-3H3. The number of halogens is 1. The lowest BCUT2D eigenvalue weighted by molar-refractivity contribution is 0.0997. The van der Waals surface area contributed by atoms with Crippen LogP contribution in [-0.2, 0) is 21.3 Å². The van der Waals surface area contributed by atoms with Crippen LogP contribution in [0.25, 0.3) is 10.2 Å². The fourth-order valence-electron chi connectivity index (χ4n) is 3.45. The second-order valence-electron chi connectivity index (χ2n) is 7.49. The van der Waals surface area contributed by atoms with E-state index in [-0.39, 0.29) is 16.3 Å². The van der Waals surface area contributed by atoms with E-state index >= 15 is 0 Å². The zero-order chi connectivity index (χ0) is 24.0. The Labute approximate surface area is 197 Å². The highest BCUT2D eigenvalue weighted by Crippen LogP contribution is 2.20. The van der Waals surface area contributed by atoms with Gasteiger partial charge in [0.25, 0.3) is 5.91 Å². The van der Waals surface area contributed by atoms with Crippen molar-refractivity contribution < 1.29 is 22.3 Å². The van der Waals surface area contributed by atoms with E-state index in [1.54, 1.807) is 13.2 Å². The van der Waals surface area contributed by atoms with Crippen LogP contribution >= 0.6 is 11.3 Å². The van der Waals surface area contributed by atoms with Crippen LogP contribution in [0.2, 0.25) is 0 Å². The van der Waals surface area contributed by atoms with Crippen molar-refractivity contribution in [2.45, 2.75) is 38.1 Å². The van der Waals surface area contributed by atoms with Gasteiger partial charge in [0, 0.05) is 32.3 Å². The number of aromatic nitrogens is 1. The average molecular weight is 494 g/mol. The van der Waals surface area contributed by atoms with Gasteiger partial charge < -0.3 is 9.30 Å². The molecule has 7 nitrogen and oxygen atoms in total. The molecule has 0 N–H and O–H groups in total.